The second-order valence-corrected chi connectivity index (χ2v) is 21.0. The first kappa shape index (κ1) is 39.5. The highest BCUT2D eigenvalue weighted by Crippen LogP contribution is 2.58. The number of fused-ring (bicyclic) bond motifs is 8. The summed E-state index contributed by atoms with van der Waals surface area (Å²) in [7, 11) is 0. The van der Waals surface area contributed by atoms with Crippen LogP contribution in [0.1, 0.15) is 126 Å². The fourth-order valence-electron chi connectivity index (χ4n) is 11.3. The predicted octanol–water partition coefficient (Wildman–Crippen LogP) is 16.9. The molecule has 0 saturated heterocycles. The van der Waals surface area contributed by atoms with E-state index in [4.69, 9.17) is 0 Å². The second kappa shape index (κ2) is 14.2. The van der Waals surface area contributed by atoms with Crippen molar-refractivity contribution >= 4 is 17.1 Å². The van der Waals surface area contributed by atoms with Crippen molar-refractivity contribution in [3.05, 3.63) is 185 Å². The third kappa shape index (κ3) is 6.41. The fourth-order valence-corrected chi connectivity index (χ4v) is 11.3. The van der Waals surface area contributed by atoms with Gasteiger partial charge in [0.1, 0.15) is 0 Å². The fraction of sp³-hybridized carbons (Fsp3) is 0.300. The average molecular weight is 796 g/mol. The third-order valence-corrected chi connectivity index (χ3v) is 14.7. The molecule has 0 radical (unpaired) electrons. The molecule has 306 valence electrons. The Kier molecular flexibility index (Phi) is 9.19. The maximum atomic E-state index is 2.61. The molecule has 0 aromatic heterocycles. The number of hydrogen-bond acceptors (Lipinski definition) is 1. The van der Waals surface area contributed by atoms with Gasteiger partial charge in [-0.2, -0.15) is 0 Å². The molecule has 0 atom stereocenters. The summed E-state index contributed by atoms with van der Waals surface area (Å²) in [6.45, 7) is 21.0. The minimum Gasteiger partial charge on any atom is -0.310 e. The number of benzene rings is 7. The van der Waals surface area contributed by atoms with E-state index in [9.17, 15) is 0 Å². The van der Waals surface area contributed by atoms with Gasteiger partial charge >= 0.3 is 0 Å². The van der Waals surface area contributed by atoms with E-state index in [2.05, 4.69) is 213 Å². The highest BCUT2D eigenvalue weighted by Gasteiger charge is 2.44. The van der Waals surface area contributed by atoms with E-state index >= 15 is 0 Å². The van der Waals surface area contributed by atoms with Gasteiger partial charge in [0.15, 0.2) is 0 Å². The van der Waals surface area contributed by atoms with Gasteiger partial charge in [-0.3, -0.25) is 0 Å². The van der Waals surface area contributed by atoms with E-state index in [-0.39, 0.29) is 21.7 Å². The molecule has 3 aliphatic carbocycles. The van der Waals surface area contributed by atoms with Crippen LogP contribution < -0.4 is 4.90 Å². The molecule has 10 rings (SSSR count). The molecule has 3 aliphatic rings. The summed E-state index contributed by atoms with van der Waals surface area (Å²) in [5.41, 5.74) is 24.0. The lowest BCUT2D eigenvalue weighted by Crippen LogP contribution is -2.28. The van der Waals surface area contributed by atoms with Crippen LogP contribution in [0.15, 0.2) is 146 Å². The summed E-state index contributed by atoms with van der Waals surface area (Å²) in [5, 5.41) is 0. The van der Waals surface area contributed by atoms with Gasteiger partial charge in [-0.1, -0.05) is 184 Å². The van der Waals surface area contributed by atoms with Crippen molar-refractivity contribution in [2.24, 2.45) is 0 Å². The zero-order valence-electron chi connectivity index (χ0n) is 37.8. The van der Waals surface area contributed by atoms with Crippen molar-refractivity contribution in [2.45, 2.75) is 116 Å². The smallest absolute Gasteiger partial charge is 0.0543 e. The van der Waals surface area contributed by atoms with Crippen LogP contribution in [0.4, 0.5) is 17.1 Å². The number of rotatable bonds is 5. The molecule has 0 aliphatic heterocycles. The minimum absolute atomic E-state index is 0.00997. The summed E-state index contributed by atoms with van der Waals surface area (Å²) in [4.78, 5) is 2.61. The topological polar surface area (TPSA) is 3.24 Å². The Morgan fingerprint density at radius 3 is 1.66 bits per heavy atom. The number of anilines is 3. The predicted molar refractivity (Wildman–Crippen MR) is 261 cm³/mol. The molecule has 0 bridgehead atoms. The van der Waals surface area contributed by atoms with Crippen LogP contribution in [-0.2, 0) is 21.7 Å². The second-order valence-electron chi connectivity index (χ2n) is 21.0. The number of hydrogen-bond donors (Lipinski definition) is 0. The molecule has 1 heteroatoms. The molecular weight excluding hydrogens is 735 g/mol. The van der Waals surface area contributed by atoms with Gasteiger partial charge in [0.25, 0.3) is 0 Å². The van der Waals surface area contributed by atoms with Crippen molar-refractivity contribution in [2.75, 3.05) is 4.90 Å². The normalized spacial score (nSPS) is 15.9. The molecule has 0 N–H and O–H groups in total. The van der Waals surface area contributed by atoms with Crippen LogP contribution >= 0.6 is 0 Å². The van der Waals surface area contributed by atoms with E-state index in [0.717, 1.165) is 0 Å². The van der Waals surface area contributed by atoms with Crippen molar-refractivity contribution < 1.29 is 0 Å². The summed E-state index contributed by atoms with van der Waals surface area (Å²) < 4.78 is 0. The maximum absolute atomic E-state index is 2.61. The Hall–Kier alpha value is -5.66. The molecule has 0 amide bonds. The monoisotopic (exact) mass is 795 g/mol. The Morgan fingerprint density at radius 1 is 0.426 bits per heavy atom. The SMILES string of the molecule is Cc1cc(N(c2ccc3c(c2)C(C)(C)c2ccccc2-3)c2ccc3c(c2)C2(CCCCC2)c2ccccc2-3)c(-c2cccc(C(C)(C)C)c2)cc1-c1ccc(C(C)(C)C)cc1. The molecule has 1 fully saturated rings. The van der Waals surface area contributed by atoms with Crippen molar-refractivity contribution in [3.63, 3.8) is 0 Å². The summed E-state index contributed by atoms with van der Waals surface area (Å²) in [5.74, 6) is 0. The minimum atomic E-state index is -0.123. The number of nitrogens with zero attached hydrogens (tertiary/aromatic N) is 1. The summed E-state index contributed by atoms with van der Waals surface area (Å²) in [6, 6.07) is 56.7. The molecule has 1 spiro atoms. The Bertz CT molecular complexity index is 2830. The standard InChI is InChI=1S/C60H61N/c1-39-34-56(51(41-18-17-19-43(35-41)58(5,6)7)38-50(39)40-24-26-42(27-25-40)57(2,3)4)61(44-28-30-48-46-20-11-13-22-52(46)59(8,9)54(48)36-44)45-29-31-49-47-21-12-14-23-53(47)60(55(49)37-45)32-15-10-16-33-60/h11-14,17-31,34-38H,10,15-16,32-33H2,1-9H3. The molecule has 1 nitrogen and oxygen atoms in total. The molecule has 0 unspecified atom stereocenters. The zero-order valence-corrected chi connectivity index (χ0v) is 37.8. The first-order valence-electron chi connectivity index (χ1n) is 22.8. The lowest BCUT2D eigenvalue weighted by atomic mass is 9.68. The lowest BCUT2D eigenvalue weighted by Gasteiger charge is -2.37. The van der Waals surface area contributed by atoms with Crippen molar-refractivity contribution in [3.8, 4) is 44.5 Å². The maximum Gasteiger partial charge on any atom is 0.0543 e. The Labute approximate surface area is 365 Å². The van der Waals surface area contributed by atoms with E-state index in [1.807, 2.05) is 0 Å². The molecule has 7 aromatic rings. The van der Waals surface area contributed by atoms with Gasteiger partial charge < -0.3 is 4.90 Å². The van der Waals surface area contributed by atoms with Crippen molar-refractivity contribution in [1.29, 1.82) is 0 Å². The van der Waals surface area contributed by atoms with E-state index in [1.54, 1.807) is 0 Å². The van der Waals surface area contributed by atoms with Crippen molar-refractivity contribution in [1.82, 2.24) is 0 Å². The van der Waals surface area contributed by atoms with Crippen LogP contribution in [0.2, 0.25) is 0 Å². The lowest BCUT2D eigenvalue weighted by molar-refractivity contribution is 0.353. The Balaban J connectivity index is 1.24. The average Bonchev–Trinajstić information content (AvgIpc) is 3.64. The highest BCUT2D eigenvalue weighted by molar-refractivity contribution is 5.95. The van der Waals surface area contributed by atoms with E-state index in [1.165, 1.54) is 133 Å². The first-order chi connectivity index (χ1) is 29.1. The summed E-state index contributed by atoms with van der Waals surface area (Å²) >= 11 is 0. The molecule has 0 heterocycles. The molecule has 1 saturated carbocycles. The first-order valence-corrected chi connectivity index (χ1v) is 22.8. The van der Waals surface area contributed by atoms with Gasteiger partial charge in [-0.25, -0.2) is 0 Å². The van der Waals surface area contributed by atoms with Crippen LogP contribution in [-0.4, -0.2) is 0 Å². The molecular formula is C60H61N. The highest BCUT2D eigenvalue weighted by atomic mass is 15.1. The van der Waals surface area contributed by atoms with Crippen LogP contribution in [0.3, 0.4) is 0 Å². The largest absolute Gasteiger partial charge is 0.310 e. The van der Waals surface area contributed by atoms with Gasteiger partial charge in [0.2, 0.25) is 0 Å². The molecule has 61 heavy (non-hydrogen) atoms. The van der Waals surface area contributed by atoms with Gasteiger partial charge in [-0.05, 0) is 145 Å². The van der Waals surface area contributed by atoms with Gasteiger partial charge in [0, 0.05) is 27.8 Å². The summed E-state index contributed by atoms with van der Waals surface area (Å²) in [6.07, 6.45) is 6.28. The quantitative estimate of drug-likeness (QED) is 0.168. The Morgan fingerprint density at radius 2 is 1.00 bits per heavy atom. The van der Waals surface area contributed by atoms with Crippen LogP contribution in [0.5, 0.6) is 0 Å². The molecule has 7 aromatic carbocycles. The van der Waals surface area contributed by atoms with Gasteiger partial charge in [-0.15, -0.1) is 0 Å². The van der Waals surface area contributed by atoms with E-state index in [0.29, 0.717) is 0 Å². The third-order valence-electron chi connectivity index (χ3n) is 14.7. The van der Waals surface area contributed by atoms with Crippen LogP contribution in [0.25, 0.3) is 44.5 Å². The van der Waals surface area contributed by atoms with Gasteiger partial charge in [0.05, 0.1) is 5.69 Å². The number of aryl methyl sites for hydroxylation is 1. The van der Waals surface area contributed by atoms with Crippen LogP contribution in [0, 0.1) is 6.92 Å². The van der Waals surface area contributed by atoms with E-state index < -0.39 is 0 Å². The zero-order chi connectivity index (χ0) is 42.5.